The van der Waals surface area contributed by atoms with Crippen LogP contribution in [-0.4, -0.2) is 67.7 Å². The molecule has 3 unspecified atom stereocenters. The van der Waals surface area contributed by atoms with Gasteiger partial charge in [0, 0.05) is 26.2 Å². The van der Waals surface area contributed by atoms with Crippen LogP contribution in [0.25, 0.3) is 0 Å². The molecule has 7 heteroatoms. The first-order valence-electron chi connectivity index (χ1n) is 10.3. The molecule has 0 bridgehead atoms. The maximum absolute atomic E-state index is 13.3. The Balaban J connectivity index is 0.00000280. The highest BCUT2D eigenvalue weighted by Crippen LogP contribution is 2.25. The molecule has 2 aliphatic rings. The largest absolute Gasteiger partial charge is 0.367 e. The fraction of sp³-hybridized carbons (Fsp3) is 0.667. The molecule has 5 nitrogen and oxygen atoms in total. The lowest BCUT2D eigenvalue weighted by atomic mass is 10.1. The SMILES string of the molecule is CCNC(=NCC1CCN(CC)C1)N1CC(C)OC(c2ccc(F)cc2)C1.I. The molecule has 0 saturated carbocycles. The lowest BCUT2D eigenvalue weighted by Crippen LogP contribution is -2.50. The summed E-state index contributed by atoms with van der Waals surface area (Å²) in [5.74, 6) is 1.40. The van der Waals surface area contributed by atoms with E-state index in [9.17, 15) is 4.39 Å². The van der Waals surface area contributed by atoms with Crippen LogP contribution in [-0.2, 0) is 4.74 Å². The van der Waals surface area contributed by atoms with Crippen LogP contribution in [0.15, 0.2) is 29.3 Å². The first-order valence-corrected chi connectivity index (χ1v) is 10.3. The number of hydrogen-bond donors (Lipinski definition) is 1. The highest BCUT2D eigenvalue weighted by Gasteiger charge is 2.29. The van der Waals surface area contributed by atoms with Gasteiger partial charge in [-0.25, -0.2) is 4.39 Å². The van der Waals surface area contributed by atoms with Crippen molar-refractivity contribution >= 4 is 29.9 Å². The zero-order valence-electron chi connectivity index (χ0n) is 17.2. The fourth-order valence-corrected chi connectivity index (χ4v) is 3.98. The molecular formula is C21H34FIN4O. The molecule has 3 rings (SSSR count). The van der Waals surface area contributed by atoms with Crippen molar-refractivity contribution in [3.05, 3.63) is 35.6 Å². The highest BCUT2D eigenvalue weighted by atomic mass is 127. The number of likely N-dealkylation sites (tertiary alicyclic amines) is 1. The number of aliphatic imine (C=N–C) groups is 1. The zero-order valence-corrected chi connectivity index (χ0v) is 19.6. The summed E-state index contributed by atoms with van der Waals surface area (Å²) in [4.78, 5) is 9.74. The smallest absolute Gasteiger partial charge is 0.194 e. The van der Waals surface area contributed by atoms with Crippen LogP contribution in [0.3, 0.4) is 0 Å². The van der Waals surface area contributed by atoms with E-state index in [0.717, 1.165) is 50.8 Å². The van der Waals surface area contributed by atoms with Crippen LogP contribution in [0.2, 0.25) is 0 Å². The lowest BCUT2D eigenvalue weighted by Gasteiger charge is -2.39. The first-order chi connectivity index (χ1) is 13.1. The van der Waals surface area contributed by atoms with Gasteiger partial charge in [0.05, 0.1) is 12.6 Å². The molecule has 3 atom stereocenters. The van der Waals surface area contributed by atoms with Gasteiger partial charge < -0.3 is 19.9 Å². The van der Waals surface area contributed by atoms with Gasteiger partial charge in [-0.2, -0.15) is 0 Å². The normalized spacial score (nSPS) is 26.2. The van der Waals surface area contributed by atoms with Crippen molar-refractivity contribution in [1.29, 1.82) is 0 Å². The highest BCUT2D eigenvalue weighted by molar-refractivity contribution is 14.0. The molecule has 28 heavy (non-hydrogen) atoms. The summed E-state index contributed by atoms with van der Waals surface area (Å²) in [5.41, 5.74) is 1.01. The third kappa shape index (κ3) is 6.29. The molecule has 2 heterocycles. The summed E-state index contributed by atoms with van der Waals surface area (Å²) in [6.07, 6.45) is 1.26. The number of benzene rings is 1. The summed E-state index contributed by atoms with van der Waals surface area (Å²) >= 11 is 0. The predicted octanol–water partition coefficient (Wildman–Crippen LogP) is 3.51. The maximum Gasteiger partial charge on any atom is 0.194 e. The van der Waals surface area contributed by atoms with Gasteiger partial charge >= 0.3 is 0 Å². The molecule has 2 saturated heterocycles. The summed E-state index contributed by atoms with van der Waals surface area (Å²) in [6, 6.07) is 6.64. The van der Waals surface area contributed by atoms with Gasteiger partial charge in [-0.05, 0) is 57.0 Å². The molecule has 0 aliphatic carbocycles. The third-order valence-electron chi connectivity index (χ3n) is 5.45. The summed E-state index contributed by atoms with van der Waals surface area (Å²) in [7, 11) is 0. The number of guanidine groups is 1. The summed E-state index contributed by atoms with van der Waals surface area (Å²) in [5, 5.41) is 3.45. The molecule has 1 aromatic carbocycles. The Morgan fingerprint density at radius 3 is 2.61 bits per heavy atom. The molecule has 1 aromatic rings. The third-order valence-corrected chi connectivity index (χ3v) is 5.45. The number of rotatable bonds is 5. The molecule has 2 aliphatic heterocycles. The van der Waals surface area contributed by atoms with E-state index in [0.29, 0.717) is 5.92 Å². The van der Waals surface area contributed by atoms with Gasteiger partial charge in [-0.3, -0.25) is 4.99 Å². The van der Waals surface area contributed by atoms with Gasteiger partial charge in [0.2, 0.25) is 0 Å². The minimum absolute atomic E-state index is 0. The Hall–Kier alpha value is -0.930. The standard InChI is InChI=1S/C21H33FN4O.HI/c1-4-23-21(24-12-17-10-11-25(5-2)14-17)26-13-16(3)27-20(15-26)18-6-8-19(22)9-7-18;/h6-9,16-17,20H,4-5,10-15H2,1-3H3,(H,23,24);1H. The minimum atomic E-state index is -0.216. The average molecular weight is 504 g/mol. The van der Waals surface area contributed by atoms with Crippen LogP contribution in [0.5, 0.6) is 0 Å². The number of ether oxygens (including phenoxy) is 1. The fourth-order valence-electron chi connectivity index (χ4n) is 3.98. The van der Waals surface area contributed by atoms with Crippen LogP contribution in [0.4, 0.5) is 4.39 Å². The number of nitrogens with zero attached hydrogens (tertiary/aromatic N) is 3. The van der Waals surface area contributed by atoms with E-state index in [2.05, 4.69) is 35.9 Å². The Kier molecular flexibility index (Phi) is 9.43. The zero-order chi connectivity index (χ0) is 19.2. The maximum atomic E-state index is 13.3. The number of halogens is 2. The van der Waals surface area contributed by atoms with Gasteiger partial charge in [0.15, 0.2) is 5.96 Å². The van der Waals surface area contributed by atoms with Gasteiger partial charge in [-0.15, -0.1) is 24.0 Å². The Morgan fingerprint density at radius 1 is 1.21 bits per heavy atom. The molecule has 1 N–H and O–H groups in total. The second kappa shape index (κ2) is 11.3. The van der Waals surface area contributed by atoms with Crippen molar-refractivity contribution in [1.82, 2.24) is 15.1 Å². The molecule has 0 amide bonds. The summed E-state index contributed by atoms with van der Waals surface area (Å²) < 4.78 is 19.4. The van der Waals surface area contributed by atoms with Crippen molar-refractivity contribution in [3.8, 4) is 0 Å². The van der Waals surface area contributed by atoms with Crippen molar-refractivity contribution in [2.24, 2.45) is 10.9 Å². The average Bonchev–Trinajstić information content (AvgIpc) is 3.13. The minimum Gasteiger partial charge on any atom is -0.367 e. The summed E-state index contributed by atoms with van der Waals surface area (Å²) in [6.45, 7) is 13.1. The van der Waals surface area contributed by atoms with Gasteiger partial charge in [-0.1, -0.05) is 19.1 Å². The van der Waals surface area contributed by atoms with Gasteiger partial charge in [0.1, 0.15) is 11.9 Å². The Bertz CT molecular complexity index is 627. The van der Waals surface area contributed by atoms with Crippen LogP contribution < -0.4 is 5.32 Å². The van der Waals surface area contributed by atoms with E-state index in [1.54, 1.807) is 0 Å². The molecule has 158 valence electrons. The Morgan fingerprint density at radius 2 is 1.96 bits per heavy atom. The van der Waals surface area contributed by atoms with Crippen molar-refractivity contribution in [3.63, 3.8) is 0 Å². The van der Waals surface area contributed by atoms with E-state index in [4.69, 9.17) is 9.73 Å². The first kappa shape index (κ1) is 23.3. The van der Waals surface area contributed by atoms with E-state index < -0.39 is 0 Å². The van der Waals surface area contributed by atoms with Crippen LogP contribution in [0.1, 0.15) is 38.9 Å². The van der Waals surface area contributed by atoms with E-state index in [-0.39, 0.29) is 42.0 Å². The molecule has 0 spiro atoms. The van der Waals surface area contributed by atoms with Crippen LogP contribution in [0, 0.1) is 11.7 Å². The molecule has 0 aromatic heterocycles. The number of hydrogen-bond acceptors (Lipinski definition) is 3. The second-order valence-corrected chi connectivity index (χ2v) is 7.63. The number of nitrogens with one attached hydrogen (secondary N) is 1. The lowest BCUT2D eigenvalue weighted by molar-refractivity contribution is -0.0605. The topological polar surface area (TPSA) is 40.1 Å². The molecule has 0 radical (unpaired) electrons. The van der Waals surface area contributed by atoms with Crippen molar-refractivity contribution < 1.29 is 9.13 Å². The van der Waals surface area contributed by atoms with Crippen LogP contribution >= 0.6 is 24.0 Å². The van der Waals surface area contributed by atoms with E-state index in [1.165, 1.54) is 25.1 Å². The molecule has 2 fully saturated rings. The van der Waals surface area contributed by atoms with E-state index in [1.807, 2.05) is 12.1 Å². The molecular weight excluding hydrogens is 470 g/mol. The quantitative estimate of drug-likeness (QED) is 0.379. The predicted molar refractivity (Wildman–Crippen MR) is 123 cm³/mol. The Labute approximate surface area is 185 Å². The monoisotopic (exact) mass is 504 g/mol. The number of morpholine rings is 1. The second-order valence-electron chi connectivity index (χ2n) is 7.63. The van der Waals surface area contributed by atoms with Crippen molar-refractivity contribution in [2.45, 2.75) is 39.4 Å². The van der Waals surface area contributed by atoms with Crippen molar-refractivity contribution in [2.75, 3.05) is 45.8 Å². The van der Waals surface area contributed by atoms with E-state index >= 15 is 0 Å². The van der Waals surface area contributed by atoms with Gasteiger partial charge in [0.25, 0.3) is 0 Å².